The molecule has 0 heterocycles. The Bertz CT molecular complexity index is 3680. The molecule has 0 bridgehead atoms. The van der Waals surface area contributed by atoms with Crippen LogP contribution >= 0.6 is 23.5 Å². The zero-order valence-corrected chi connectivity index (χ0v) is 68.9. The van der Waals surface area contributed by atoms with Crippen molar-refractivity contribution in [1.29, 1.82) is 0 Å². The van der Waals surface area contributed by atoms with Gasteiger partial charge in [0.2, 0.25) is 0 Å². The fourth-order valence-corrected chi connectivity index (χ4v) is 10.5. The van der Waals surface area contributed by atoms with Crippen LogP contribution in [-0.4, -0.2) is 139 Å². The normalized spacial score (nSPS) is 11.8. The number of thioether (sulfide) groups is 2. The van der Waals surface area contributed by atoms with Crippen LogP contribution in [-0.2, 0) is 62.0 Å². The van der Waals surface area contributed by atoms with Gasteiger partial charge < -0.3 is 63.8 Å². The summed E-state index contributed by atoms with van der Waals surface area (Å²) in [7, 11) is 0. The second-order valence-corrected chi connectivity index (χ2v) is 29.9. The number of carbonyl (C=O) groups is 8. The minimum atomic E-state index is -0.773. The van der Waals surface area contributed by atoms with E-state index in [1.807, 2.05) is 71.9 Å². The molecule has 0 saturated heterocycles. The number of esters is 6. The van der Waals surface area contributed by atoms with E-state index >= 15 is 0 Å². The molecule has 111 heavy (non-hydrogen) atoms. The van der Waals surface area contributed by atoms with Gasteiger partial charge in [-0.15, -0.1) is 33.8 Å². The first-order valence-electron chi connectivity index (χ1n) is 37.5. The lowest BCUT2D eigenvalue weighted by atomic mass is 9.91. The number of aliphatic hydroxyl groups excluding tert-OH is 3. The van der Waals surface area contributed by atoms with Crippen molar-refractivity contribution in [1.82, 2.24) is 0 Å². The van der Waals surface area contributed by atoms with Crippen molar-refractivity contribution in [2.24, 2.45) is 42.1 Å². The van der Waals surface area contributed by atoms with Crippen LogP contribution in [0.4, 0.5) is 22.7 Å². The van der Waals surface area contributed by atoms with Gasteiger partial charge in [-0.05, 0) is 180 Å². The van der Waals surface area contributed by atoms with Gasteiger partial charge in [0.05, 0.1) is 64.4 Å². The molecule has 0 spiro atoms. The summed E-state index contributed by atoms with van der Waals surface area (Å²) in [5.41, 5.74) is -0.766. The molecule has 0 aliphatic rings. The van der Waals surface area contributed by atoms with E-state index < -0.39 is 33.5 Å². The zero-order valence-electron chi connectivity index (χ0n) is 67.2. The average Bonchev–Trinajstić information content (AvgIpc) is 0.587. The smallest absolute Gasteiger partial charge is 0.316 e. The van der Waals surface area contributed by atoms with Crippen LogP contribution in [0.25, 0.3) is 0 Å². The van der Waals surface area contributed by atoms with Crippen molar-refractivity contribution in [3.63, 3.8) is 0 Å². The zero-order chi connectivity index (χ0) is 82.5. The Kier molecular flexibility index (Phi) is 48.2. The standard InChI is InChI=1S/C33H45N3O7S.C31H41N3O7S.C12H16O2.C8H16O3/c1-5-6-7-8-9-13-20-42-29(38)23-44-24-33(3,4)32(40)43-22-21-41-28-18-16-26(17-19-28)34-31(39)30(25(2)37)36-35-27-14-11-10-12-15-27;1-5-6-7-11-18-40-27(36)21-42-22-31(3,4)30(38)41-20-19-39-26-16-14-24(15-17-26)32-29(37)28(23(2)35)34-33-25-12-9-8-10-13-25;1-4-12(2,3)11(13)14-10-8-6-5-7-9-10;1-4-8(2,3)7(10)11-6-5-9/h10-12,14-19,37H,5-9,13,20-24H2,1-4H3,(H,34,39);8-10,12-17,35H,5-7,11,18-22H2,1-4H3,(H,32,37);5-9H,4H2,1-3H3;9H,4-6H2,1-3H3. The molecule has 25 nitrogen and oxygen atoms in total. The first-order chi connectivity index (χ1) is 52.8. The van der Waals surface area contributed by atoms with E-state index in [1.54, 1.807) is 137 Å². The molecule has 5 aromatic rings. The number of azo groups is 2. The van der Waals surface area contributed by atoms with Crippen molar-refractivity contribution in [2.75, 3.05) is 86.5 Å². The molecule has 610 valence electrons. The Balaban J connectivity index is 0.000000575. The number of amides is 2. The predicted molar refractivity (Wildman–Crippen MR) is 436 cm³/mol. The van der Waals surface area contributed by atoms with Crippen molar-refractivity contribution < 1.29 is 91.6 Å². The van der Waals surface area contributed by atoms with Crippen LogP contribution in [0, 0.1) is 21.7 Å². The molecule has 0 aliphatic carbocycles. The summed E-state index contributed by atoms with van der Waals surface area (Å²) in [6, 6.07) is 40.0. The highest BCUT2D eigenvalue weighted by Gasteiger charge is 2.32. The summed E-state index contributed by atoms with van der Waals surface area (Å²) in [6.45, 7) is 26.7. The molecule has 0 aromatic heterocycles. The Morgan fingerprint density at radius 3 is 1.10 bits per heavy atom. The van der Waals surface area contributed by atoms with Gasteiger partial charge in [0, 0.05) is 22.9 Å². The molecule has 0 saturated carbocycles. The fourth-order valence-electron chi connectivity index (χ4n) is 8.52. The molecule has 0 aliphatic heterocycles. The fraction of sp³-hybridized carbons (Fsp3) is 0.500. The number of hydrogen-bond donors (Lipinski definition) is 5. The molecule has 0 unspecified atom stereocenters. The maximum atomic E-state index is 12.6. The number of carbonyl (C=O) groups excluding carboxylic acids is 8. The lowest BCUT2D eigenvalue weighted by Crippen LogP contribution is -2.30. The molecular weight excluding hydrogens is 1460 g/mol. The van der Waals surface area contributed by atoms with E-state index in [-0.39, 0.29) is 110 Å². The molecule has 5 rings (SSSR count). The second kappa shape index (κ2) is 54.9. The summed E-state index contributed by atoms with van der Waals surface area (Å²) < 4.78 is 42.5. The summed E-state index contributed by atoms with van der Waals surface area (Å²) in [5, 5.41) is 49.3. The number of para-hydroxylation sites is 1. The number of unbranched alkanes of at least 4 members (excludes halogenated alkanes) is 8. The highest BCUT2D eigenvalue weighted by molar-refractivity contribution is 8.00. The molecule has 0 radical (unpaired) electrons. The number of ether oxygens (including phenoxy) is 8. The summed E-state index contributed by atoms with van der Waals surface area (Å²) in [4.78, 5) is 96.9. The van der Waals surface area contributed by atoms with Crippen molar-refractivity contribution in [3.8, 4) is 17.2 Å². The first kappa shape index (κ1) is 97.5. The van der Waals surface area contributed by atoms with Gasteiger partial charge in [-0.2, -0.15) is 10.2 Å². The van der Waals surface area contributed by atoms with Crippen LogP contribution in [0.1, 0.15) is 174 Å². The van der Waals surface area contributed by atoms with Gasteiger partial charge in [-0.25, -0.2) is 0 Å². The van der Waals surface area contributed by atoms with Gasteiger partial charge in [-0.1, -0.05) is 134 Å². The third-order valence-electron chi connectivity index (χ3n) is 16.2. The first-order valence-corrected chi connectivity index (χ1v) is 39.8. The van der Waals surface area contributed by atoms with E-state index in [0.717, 1.165) is 51.4 Å². The quantitative estimate of drug-likeness (QED) is 0.00460. The van der Waals surface area contributed by atoms with E-state index in [2.05, 4.69) is 44.9 Å². The Morgan fingerprint density at radius 1 is 0.387 bits per heavy atom. The van der Waals surface area contributed by atoms with Crippen LogP contribution in [0.2, 0.25) is 0 Å². The largest absolute Gasteiger partial charge is 0.510 e. The third kappa shape index (κ3) is 43.0. The van der Waals surface area contributed by atoms with Gasteiger partial charge in [-0.3, -0.25) is 38.4 Å². The minimum absolute atomic E-state index is 0.0571. The highest BCUT2D eigenvalue weighted by atomic mass is 32.2. The number of nitrogens with one attached hydrogen (secondary N) is 2. The van der Waals surface area contributed by atoms with Crippen molar-refractivity contribution in [3.05, 3.63) is 162 Å². The predicted octanol–water partition coefficient (Wildman–Crippen LogP) is 18.8. The third-order valence-corrected chi connectivity index (χ3v) is 18.9. The SMILES string of the molecule is CCC(C)(C)C(=O)OCCO.CCC(C)(C)C(=O)Oc1ccccc1.CCCCCCCCOC(=O)CSCC(C)(C)C(=O)OCCOc1ccc(NC(=O)C(N=Nc2ccccc2)=C(C)O)cc1.CCCCCCOC(=O)CSCC(C)(C)C(=O)OCCOc1ccc(NC(=O)C(N=Nc2ccccc2)=C(C)O)cc1. The van der Waals surface area contributed by atoms with Crippen molar-refractivity contribution >= 4 is 93.9 Å². The maximum absolute atomic E-state index is 12.6. The van der Waals surface area contributed by atoms with E-state index in [0.29, 0.717) is 64.7 Å². The van der Waals surface area contributed by atoms with Gasteiger partial charge in [0.1, 0.15) is 61.8 Å². The molecule has 5 N–H and O–H groups in total. The number of benzene rings is 5. The van der Waals surface area contributed by atoms with Gasteiger partial charge in [0.25, 0.3) is 11.8 Å². The Labute approximate surface area is 664 Å². The molecule has 0 atom stereocenters. The molecular formula is C84H118N6O19S2. The number of allylic oxidation sites excluding steroid dienone is 2. The number of rotatable bonds is 45. The number of hydrogen-bond acceptors (Lipinski definition) is 25. The van der Waals surface area contributed by atoms with Crippen LogP contribution in [0.15, 0.2) is 183 Å². The molecule has 5 aromatic carbocycles. The maximum Gasteiger partial charge on any atom is 0.316 e. The lowest BCUT2D eigenvalue weighted by Gasteiger charge is -2.22. The molecule has 27 heteroatoms. The van der Waals surface area contributed by atoms with Crippen molar-refractivity contribution in [2.45, 2.75) is 174 Å². The highest BCUT2D eigenvalue weighted by Crippen LogP contribution is 2.28. The van der Waals surface area contributed by atoms with Crippen LogP contribution in [0.5, 0.6) is 17.2 Å². The minimum Gasteiger partial charge on any atom is -0.510 e. The number of aliphatic hydroxyl groups is 3. The molecule has 2 amide bonds. The summed E-state index contributed by atoms with van der Waals surface area (Å²) in [5.74, 6) is -0.580. The van der Waals surface area contributed by atoms with Crippen LogP contribution < -0.4 is 24.8 Å². The lowest BCUT2D eigenvalue weighted by molar-refractivity contribution is -0.155. The number of anilines is 2. The second-order valence-electron chi connectivity index (χ2n) is 27.9. The monoisotopic (exact) mass is 1580 g/mol. The van der Waals surface area contributed by atoms with E-state index in [4.69, 9.17) is 43.0 Å². The summed E-state index contributed by atoms with van der Waals surface area (Å²) in [6.07, 6.45) is 12.5. The number of nitrogens with zero attached hydrogens (tertiary/aromatic N) is 4. The molecule has 0 fully saturated rings. The summed E-state index contributed by atoms with van der Waals surface area (Å²) >= 11 is 2.70. The van der Waals surface area contributed by atoms with E-state index in [9.17, 15) is 48.6 Å². The van der Waals surface area contributed by atoms with Gasteiger partial charge >= 0.3 is 35.8 Å². The van der Waals surface area contributed by atoms with E-state index in [1.165, 1.54) is 63.1 Å². The topological polar surface area (TPSA) is 345 Å². The Hall–Kier alpha value is -9.60. The van der Waals surface area contributed by atoms with Crippen LogP contribution in [0.3, 0.4) is 0 Å². The Morgan fingerprint density at radius 2 is 0.730 bits per heavy atom. The average molecular weight is 1580 g/mol. The van der Waals surface area contributed by atoms with Gasteiger partial charge in [0.15, 0.2) is 11.4 Å².